The van der Waals surface area contributed by atoms with E-state index in [2.05, 4.69) is 5.32 Å². The lowest BCUT2D eigenvalue weighted by molar-refractivity contribution is -0.149. The highest BCUT2D eigenvalue weighted by molar-refractivity contribution is 6.30. The van der Waals surface area contributed by atoms with Crippen LogP contribution < -0.4 is 10.1 Å². The summed E-state index contributed by atoms with van der Waals surface area (Å²) < 4.78 is 48.6. The number of amides is 1. The van der Waals surface area contributed by atoms with E-state index in [1.807, 2.05) is 0 Å². The van der Waals surface area contributed by atoms with Crippen molar-refractivity contribution in [3.63, 3.8) is 0 Å². The van der Waals surface area contributed by atoms with Gasteiger partial charge in [-0.05, 0) is 42.8 Å². The fraction of sp³-hybridized carbons (Fsp3) is 0.222. The highest BCUT2D eigenvalue weighted by Gasteiger charge is 2.33. The summed E-state index contributed by atoms with van der Waals surface area (Å²) in [5, 5.41) is 2.58. The zero-order chi connectivity index (χ0) is 20.0. The molecule has 0 aliphatic heterocycles. The standard InChI is InChI=1S/C18H15ClF3NO4/c1-11-8-12(19)6-7-15(11)26-10-17(25)27-9-16(24)23-14-5-3-2-4-13(14)18(20,21)22/h2-8H,9-10H2,1H3,(H,23,24). The van der Waals surface area contributed by atoms with E-state index < -0.39 is 42.5 Å². The zero-order valence-electron chi connectivity index (χ0n) is 14.1. The normalized spacial score (nSPS) is 11.0. The van der Waals surface area contributed by atoms with Crippen LogP contribution in [0, 0.1) is 6.92 Å². The van der Waals surface area contributed by atoms with Crippen molar-refractivity contribution in [2.75, 3.05) is 18.5 Å². The van der Waals surface area contributed by atoms with Crippen LogP contribution in [0.4, 0.5) is 18.9 Å². The van der Waals surface area contributed by atoms with E-state index in [-0.39, 0.29) is 0 Å². The lowest BCUT2D eigenvalue weighted by atomic mass is 10.1. The molecule has 0 heterocycles. The summed E-state index contributed by atoms with van der Waals surface area (Å²) >= 11 is 5.81. The largest absolute Gasteiger partial charge is 0.482 e. The number of hydrogen-bond acceptors (Lipinski definition) is 4. The average Bonchev–Trinajstić information content (AvgIpc) is 2.59. The van der Waals surface area contributed by atoms with Gasteiger partial charge in [-0.1, -0.05) is 23.7 Å². The zero-order valence-corrected chi connectivity index (χ0v) is 14.9. The molecular weight excluding hydrogens is 387 g/mol. The summed E-state index contributed by atoms with van der Waals surface area (Å²) in [5.74, 6) is -1.33. The lowest BCUT2D eigenvalue weighted by Gasteiger charge is -2.13. The minimum Gasteiger partial charge on any atom is -0.482 e. The third-order valence-corrected chi connectivity index (χ3v) is 3.59. The fourth-order valence-electron chi connectivity index (χ4n) is 2.12. The van der Waals surface area contributed by atoms with Gasteiger partial charge in [0.05, 0.1) is 11.3 Å². The third-order valence-electron chi connectivity index (χ3n) is 3.35. The first-order valence-corrected chi connectivity index (χ1v) is 8.05. The molecule has 1 amide bonds. The Hall–Kier alpha value is -2.74. The quantitative estimate of drug-likeness (QED) is 0.736. The molecule has 144 valence electrons. The van der Waals surface area contributed by atoms with E-state index in [1.165, 1.54) is 12.1 Å². The van der Waals surface area contributed by atoms with Crippen LogP contribution in [0.25, 0.3) is 0 Å². The van der Waals surface area contributed by atoms with Gasteiger partial charge in [-0.2, -0.15) is 13.2 Å². The van der Waals surface area contributed by atoms with E-state index in [9.17, 15) is 22.8 Å². The molecule has 2 aromatic rings. The molecule has 0 spiro atoms. The molecule has 0 saturated carbocycles. The monoisotopic (exact) mass is 401 g/mol. The van der Waals surface area contributed by atoms with Crippen LogP contribution in [-0.2, 0) is 20.5 Å². The molecule has 0 fully saturated rings. The first-order valence-electron chi connectivity index (χ1n) is 7.67. The molecule has 0 radical (unpaired) electrons. The van der Waals surface area contributed by atoms with Crippen molar-refractivity contribution < 1.29 is 32.2 Å². The van der Waals surface area contributed by atoms with Crippen LogP contribution in [0.1, 0.15) is 11.1 Å². The SMILES string of the molecule is Cc1cc(Cl)ccc1OCC(=O)OCC(=O)Nc1ccccc1C(F)(F)F. The van der Waals surface area contributed by atoms with E-state index in [0.717, 1.165) is 12.1 Å². The molecule has 1 N–H and O–H groups in total. The minimum absolute atomic E-state index is 0.417. The predicted octanol–water partition coefficient (Wildman–Crippen LogP) is 4.23. The Kier molecular flexibility index (Phi) is 6.68. The highest BCUT2D eigenvalue weighted by atomic mass is 35.5. The second kappa shape index (κ2) is 8.77. The molecule has 0 unspecified atom stereocenters. The smallest absolute Gasteiger partial charge is 0.418 e. The number of ether oxygens (including phenoxy) is 2. The van der Waals surface area contributed by atoms with Gasteiger partial charge in [-0.3, -0.25) is 4.79 Å². The molecule has 0 aliphatic rings. The molecule has 0 aromatic heterocycles. The number of carbonyl (C=O) groups is 2. The molecule has 0 aliphatic carbocycles. The van der Waals surface area contributed by atoms with Crippen molar-refractivity contribution in [2.45, 2.75) is 13.1 Å². The molecule has 5 nitrogen and oxygen atoms in total. The van der Waals surface area contributed by atoms with Crippen molar-refractivity contribution in [3.8, 4) is 5.75 Å². The van der Waals surface area contributed by atoms with E-state index in [1.54, 1.807) is 25.1 Å². The minimum atomic E-state index is -4.62. The predicted molar refractivity (Wildman–Crippen MR) is 92.7 cm³/mol. The number of halogens is 4. The fourth-order valence-corrected chi connectivity index (χ4v) is 2.35. The van der Waals surface area contributed by atoms with Crippen LogP contribution in [-0.4, -0.2) is 25.1 Å². The second-order valence-corrected chi connectivity index (χ2v) is 5.89. The average molecular weight is 402 g/mol. The number of benzene rings is 2. The first kappa shape index (κ1) is 20.6. The number of rotatable bonds is 6. The van der Waals surface area contributed by atoms with Gasteiger partial charge in [-0.15, -0.1) is 0 Å². The van der Waals surface area contributed by atoms with Gasteiger partial charge in [0.25, 0.3) is 5.91 Å². The number of aryl methyl sites for hydroxylation is 1. The topological polar surface area (TPSA) is 64.6 Å². The lowest BCUT2D eigenvalue weighted by Crippen LogP contribution is -2.24. The summed E-state index contributed by atoms with van der Waals surface area (Å²) in [6.07, 6.45) is -4.62. The summed E-state index contributed by atoms with van der Waals surface area (Å²) in [6.45, 7) is 0.529. The number of alkyl halides is 3. The van der Waals surface area contributed by atoms with E-state index >= 15 is 0 Å². The molecule has 9 heteroatoms. The Balaban J connectivity index is 1.84. The van der Waals surface area contributed by atoms with Crippen molar-refractivity contribution in [3.05, 3.63) is 58.6 Å². The molecule has 0 saturated heterocycles. The van der Waals surface area contributed by atoms with Gasteiger partial charge in [0.15, 0.2) is 13.2 Å². The Morgan fingerprint density at radius 3 is 2.48 bits per heavy atom. The maximum Gasteiger partial charge on any atom is 0.418 e. The Bertz CT molecular complexity index is 840. The number of hydrogen-bond donors (Lipinski definition) is 1. The van der Waals surface area contributed by atoms with Crippen LogP contribution in [0.3, 0.4) is 0 Å². The van der Waals surface area contributed by atoms with Gasteiger partial charge in [0.2, 0.25) is 0 Å². The molecule has 2 rings (SSSR count). The number of para-hydroxylation sites is 1. The van der Waals surface area contributed by atoms with Crippen LogP contribution in [0.5, 0.6) is 5.75 Å². The van der Waals surface area contributed by atoms with Crippen molar-refractivity contribution >= 4 is 29.2 Å². The van der Waals surface area contributed by atoms with Gasteiger partial charge in [0, 0.05) is 5.02 Å². The third kappa shape index (κ3) is 6.18. The van der Waals surface area contributed by atoms with Crippen molar-refractivity contribution in [1.29, 1.82) is 0 Å². The van der Waals surface area contributed by atoms with Crippen molar-refractivity contribution in [1.82, 2.24) is 0 Å². The highest BCUT2D eigenvalue weighted by Crippen LogP contribution is 2.34. The summed E-state index contributed by atoms with van der Waals surface area (Å²) in [5.41, 5.74) is -0.706. The van der Waals surface area contributed by atoms with Crippen LogP contribution in [0.15, 0.2) is 42.5 Å². The molecule has 27 heavy (non-hydrogen) atoms. The summed E-state index contributed by atoms with van der Waals surface area (Å²) in [4.78, 5) is 23.4. The van der Waals surface area contributed by atoms with Crippen LogP contribution >= 0.6 is 11.6 Å². The van der Waals surface area contributed by atoms with Gasteiger partial charge < -0.3 is 14.8 Å². The van der Waals surface area contributed by atoms with Crippen LogP contribution in [0.2, 0.25) is 5.02 Å². The maximum absolute atomic E-state index is 12.9. The summed E-state index contributed by atoms with van der Waals surface area (Å²) in [7, 11) is 0. The van der Waals surface area contributed by atoms with E-state index in [0.29, 0.717) is 16.3 Å². The van der Waals surface area contributed by atoms with E-state index in [4.69, 9.17) is 21.1 Å². The Morgan fingerprint density at radius 1 is 1.11 bits per heavy atom. The molecule has 0 atom stereocenters. The van der Waals surface area contributed by atoms with Gasteiger partial charge >= 0.3 is 12.1 Å². The number of anilines is 1. The van der Waals surface area contributed by atoms with Gasteiger partial charge in [-0.25, -0.2) is 4.79 Å². The number of carbonyl (C=O) groups excluding carboxylic acids is 2. The van der Waals surface area contributed by atoms with Gasteiger partial charge in [0.1, 0.15) is 5.75 Å². The molecule has 2 aromatic carbocycles. The second-order valence-electron chi connectivity index (χ2n) is 5.45. The Morgan fingerprint density at radius 2 is 1.81 bits per heavy atom. The number of esters is 1. The maximum atomic E-state index is 12.9. The molecular formula is C18H15ClF3NO4. The summed E-state index contributed by atoms with van der Waals surface area (Å²) in [6, 6.07) is 9.30. The molecule has 0 bridgehead atoms. The number of nitrogens with one attached hydrogen (secondary N) is 1. The Labute approximate surface area is 158 Å². The van der Waals surface area contributed by atoms with Crippen molar-refractivity contribution in [2.24, 2.45) is 0 Å². The first-order chi connectivity index (χ1) is 12.7.